The minimum Gasteiger partial charge on any atom is -0.497 e. The van der Waals surface area contributed by atoms with E-state index in [-0.39, 0.29) is 5.56 Å². The van der Waals surface area contributed by atoms with Gasteiger partial charge < -0.3 is 14.9 Å². The van der Waals surface area contributed by atoms with E-state index in [0.29, 0.717) is 5.75 Å². The molecule has 2 unspecified atom stereocenters. The zero-order valence-corrected chi connectivity index (χ0v) is 8.05. The fourth-order valence-corrected chi connectivity index (χ4v) is 1.13. The number of aliphatic carboxylic acids is 1. The van der Waals surface area contributed by atoms with Crippen LogP contribution in [0, 0.1) is 0 Å². The van der Waals surface area contributed by atoms with E-state index in [0.717, 1.165) is 0 Å². The highest BCUT2D eigenvalue weighted by Gasteiger charge is 2.27. The topological polar surface area (TPSA) is 66.8 Å². The Balaban J connectivity index is 2.90. The lowest BCUT2D eigenvalue weighted by molar-refractivity contribution is -0.147. The van der Waals surface area contributed by atoms with Crippen molar-refractivity contribution in [1.29, 1.82) is 0 Å². The van der Waals surface area contributed by atoms with Crippen LogP contribution in [0.15, 0.2) is 24.3 Å². The number of ether oxygens (including phenoxy) is 1. The number of methoxy groups -OCH3 is 1. The van der Waals surface area contributed by atoms with Crippen LogP contribution in [0.2, 0.25) is 0 Å². The van der Waals surface area contributed by atoms with Crippen molar-refractivity contribution in [3.05, 3.63) is 29.8 Å². The second kappa shape index (κ2) is 4.75. The zero-order chi connectivity index (χ0) is 11.4. The summed E-state index contributed by atoms with van der Waals surface area (Å²) in [6.07, 6.45) is -4.02. The van der Waals surface area contributed by atoms with Gasteiger partial charge in [-0.1, -0.05) is 12.1 Å². The van der Waals surface area contributed by atoms with Crippen molar-refractivity contribution in [1.82, 2.24) is 0 Å². The van der Waals surface area contributed by atoms with E-state index < -0.39 is 18.2 Å². The Morgan fingerprint density at radius 2 is 2.20 bits per heavy atom. The fourth-order valence-electron chi connectivity index (χ4n) is 1.13. The summed E-state index contributed by atoms with van der Waals surface area (Å²) in [6, 6.07) is 5.99. The molecule has 82 valence electrons. The predicted octanol–water partition coefficient (Wildman–Crippen LogP) is 1.15. The van der Waals surface area contributed by atoms with Crippen molar-refractivity contribution in [3.63, 3.8) is 0 Å². The van der Waals surface area contributed by atoms with Gasteiger partial charge in [-0.25, -0.2) is 9.18 Å². The van der Waals surface area contributed by atoms with Crippen LogP contribution in [0.3, 0.4) is 0 Å². The SMILES string of the molecule is COc1cccc(C(O)C(F)C(=O)O)c1. The number of rotatable bonds is 4. The van der Waals surface area contributed by atoms with Crippen molar-refractivity contribution < 1.29 is 24.1 Å². The van der Waals surface area contributed by atoms with E-state index in [9.17, 15) is 14.3 Å². The standard InChI is InChI=1S/C10H11FO4/c1-15-7-4-2-3-6(5-7)9(12)8(11)10(13)14/h2-5,8-9,12H,1H3,(H,13,14). The number of hydrogen-bond donors (Lipinski definition) is 2. The molecular weight excluding hydrogens is 203 g/mol. The molecule has 5 heteroatoms. The summed E-state index contributed by atoms with van der Waals surface area (Å²) in [6.45, 7) is 0. The molecular formula is C10H11FO4. The predicted molar refractivity (Wildman–Crippen MR) is 50.5 cm³/mol. The first-order chi connectivity index (χ1) is 7.06. The Labute approximate surface area is 85.9 Å². The summed E-state index contributed by atoms with van der Waals surface area (Å²) >= 11 is 0. The van der Waals surface area contributed by atoms with E-state index in [2.05, 4.69) is 0 Å². The van der Waals surface area contributed by atoms with Crippen LogP contribution in [0.1, 0.15) is 11.7 Å². The second-order valence-electron chi connectivity index (χ2n) is 2.96. The van der Waals surface area contributed by atoms with Gasteiger partial charge in [-0.3, -0.25) is 0 Å². The van der Waals surface area contributed by atoms with Crippen LogP contribution in [0.25, 0.3) is 0 Å². The summed E-state index contributed by atoms with van der Waals surface area (Å²) in [5.41, 5.74) is 0.171. The van der Waals surface area contributed by atoms with Crippen LogP contribution in [0.4, 0.5) is 4.39 Å². The molecule has 0 aliphatic heterocycles. The third-order valence-corrected chi connectivity index (χ3v) is 1.95. The minimum absolute atomic E-state index is 0.171. The van der Waals surface area contributed by atoms with Gasteiger partial charge in [0.1, 0.15) is 11.9 Å². The lowest BCUT2D eigenvalue weighted by Crippen LogP contribution is -2.23. The zero-order valence-electron chi connectivity index (χ0n) is 8.05. The second-order valence-corrected chi connectivity index (χ2v) is 2.96. The first-order valence-corrected chi connectivity index (χ1v) is 4.25. The molecule has 4 nitrogen and oxygen atoms in total. The van der Waals surface area contributed by atoms with Crippen LogP contribution in [-0.4, -0.2) is 29.5 Å². The number of carboxylic acid groups (broad SMARTS) is 1. The molecule has 15 heavy (non-hydrogen) atoms. The molecule has 2 atom stereocenters. The minimum atomic E-state index is -2.34. The normalized spacial score (nSPS) is 14.3. The molecule has 0 bridgehead atoms. The van der Waals surface area contributed by atoms with Crippen molar-refractivity contribution in [2.45, 2.75) is 12.3 Å². The molecule has 0 radical (unpaired) electrons. The number of carboxylic acids is 1. The van der Waals surface area contributed by atoms with E-state index in [1.54, 1.807) is 12.1 Å². The summed E-state index contributed by atoms with van der Waals surface area (Å²) in [4.78, 5) is 10.3. The highest BCUT2D eigenvalue weighted by Crippen LogP contribution is 2.23. The molecule has 0 aromatic heterocycles. The van der Waals surface area contributed by atoms with Gasteiger partial charge in [0.05, 0.1) is 7.11 Å². The number of hydrogen-bond acceptors (Lipinski definition) is 3. The maximum absolute atomic E-state index is 13.0. The lowest BCUT2D eigenvalue weighted by Gasteiger charge is -2.13. The van der Waals surface area contributed by atoms with Crippen molar-refractivity contribution in [2.24, 2.45) is 0 Å². The van der Waals surface area contributed by atoms with Crippen LogP contribution >= 0.6 is 0 Å². The lowest BCUT2D eigenvalue weighted by atomic mass is 10.1. The van der Waals surface area contributed by atoms with Crippen LogP contribution < -0.4 is 4.74 Å². The maximum atomic E-state index is 13.0. The third-order valence-electron chi connectivity index (χ3n) is 1.95. The number of carbonyl (C=O) groups is 1. The quantitative estimate of drug-likeness (QED) is 0.789. The molecule has 0 aliphatic carbocycles. The Kier molecular flexibility index (Phi) is 3.62. The van der Waals surface area contributed by atoms with Gasteiger partial charge in [-0.05, 0) is 17.7 Å². The first-order valence-electron chi connectivity index (χ1n) is 4.25. The van der Waals surface area contributed by atoms with E-state index in [4.69, 9.17) is 9.84 Å². The molecule has 2 N–H and O–H groups in total. The number of halogens is 1. The number of alkyl halides is 1. The number of aliphatic hydroxyl groups is 1. The van der Waals surface area contributed by atoms with Crippen LogP contribution in [0.5, 0.6) is 5.75 Å². The van der Waals surface area contributed by atoms with Gasteiger partial charge in [-0.2, -0.15) is 0 Å². The fraction of sp³-hybridized carbons (Fsp3) is 0.300. The van der Waals surface area contributed by atoms with Crippen molar-refractivity contribution in [3.8, 4) is 5.75 Å². The Hall–Kier alpha value is -1.62. The highest BCUT2D eigenvalue weighted by molar-refractivity contribution is 5.73. The molecule has 0 saturated carbocycles. The average molecular weight is 214 g/mol. The largest absolute Gasteiger partial charge is 0.497 e. The Morgan fingerprint density at radius 3 is 2.73 bits per heavy atom. The summed E-state index contributed by atoms with van der Waals surface area (Å²) in [5, 5.41) is 17.7. The van der Waals surface area contributed by atoms with E-state index >= 15 is 0 Å². The van der Waals surface area contributed by atoms with E-state index in [1.165, 1.54) is 19.2 Å². The molecule has 1 aromatic rings. The average Bonchev–Trinajstić information content (AvgIpc) is 2.27. The van der Waals surface area contributed by atoms with Crippen LogP contribution in [-0.2, 0) is 4.79 Å². The first kappa shape index (κ1) is 11.5. The van der Waals surface area contributed by atoms with Crippen molar-refractivity contribution >= 4 is 5.97 Å². The van der Waals surface area contributed by atoms with Gasteiger partial charge in [0.2, 0.25) is 6.17 Å². The maximum Gasteiger partial charge on any atom is 0.341 e. The highest BCUT2D eigenvalue weighted by atomic mass is 19.1. The number of aliphatic hydroxyl groups excluding tert-OH is 1. The molecule has 0 aliphatic rings. The van der Waals surface area contributed by atoms with Gasteiger partial charge in [0.15, 0.2) is 0 Å². The van der Waals surface area contributed by atoms with Gasteiger partial charge in [0, 0.05) is 0 Å². The Bertz CT molecular complexity index is 353. The molecule has 0 saturated heterocycles. The van der Waals surface area contributed by atoms with Gasteiger partial charge in [0.25, 0.3) is 0 Å². The Morgan fingerprint density at radius 1 is 1.53 bits per heavy atom. The molecule has 1 rings (SSSR count). The summed E-state index contributed by atoms with van der Waals surface area (Å²) in [5.74, 6) is -1.26. The van der Waals surface area contributed by atoms with Crippen molar-refractivity contribution in [2.75, 3.05) is 7.11 Å². The molecule has 1 aromatic carbocycles. The summed E-state index contributed by atoms with van der Waals surface area (Å²) in [7, 11) is 1.43. The molecule has 0 fully saturated rings. The van der Waals surface area contributed by atoms with Gasteiger partial charge in [-0.15, -0.1) is 0 Å². The van der Waals surface area contributed by atoms with E-state index in [1.807, 2.05) is 0 Å². The summed E-state index contributed by atoms with van der Waals surface area (Å²) < 4.78 is 17.8. The smallest absolute Gasteiger partial charge is 0.341 e. The molecule has 0 heterocycles. The van der Waals surface area contributed by atoms with Gasteiger partial charge >= 0.3 is 5.97 Å². The number of benzene rings is 1. The monoisotopic (exact) mass is 214 g/mol. The molecule has 0 amide bonds. The molecule has 0 spiro atoms. The third kappa shape index (κ3) is 2.66.